The van der Waals surface area contributed by atoms with E-state index in [1.54, 1.807) is 12.1 Å². The lowest BCUT2D eigenvalue weighted by molar-refractivity contribution is -0.274. The molecule has 214 valence electrons. The van der Waals surface area contributed by atoms with E-state index >= 15 is 0 Å². The van der Waals surface area contributed by atoms with E-state index in [4.69, 9.17) is 14.7 Å². The van der Waals surface area contributed by atoms with Gasteiger partial charge in [0.15, 0.2) is 14.6 Å². The summed E-state index contributed by atoms with van der Waals surface area (Å²) in [5.74, 6) is -0.803. The van der Waals surface area contributed by atoms with Gasteiger partial charge < -0.3 is 14.2 Å². The molecule has 3 aromatic carbocycles. The fraction of sp³-hybridized carbons (Fsp3) is 0.321. The smallest absolute Gasteiger partial charge is 0.494 e. The minimum absolute atomic E-state index is 0.0554. The number of halogens is 3. The molecule has 0 aliphatic carbocycles. The van der Waals surface area contributed by atoms with Gasteiger partial charge in [0.1, 0.15) is 11.5 Å². The van der Waals surface area contributed by atoms with Crippen molar-refractivity contribution < 1.29 is 45.8 Å². The molecule has 12 heteroatoms. The quantitative estimate of drug-likeness (QED) is 0.196. The Kier molecular flexibility index (Phi) is 9.02. The zero-order valence-electron chi connectivity index (χ0n) is 21.3. The third-order valence-electron chi connectivity index (χ3n) is 6.69. The number of alkyl halides is 3. The highest BCUT2D eigenvalue weighted by atomic mass is 32.2. The van der Waals surface area contributed by atoms with Crippen LogP contribution in [0, 0.1) is 0 Å². The third kappa shape index (κ3) is 6.75. The highest BCUT2D eigenvalue weighted by Gasteiger charge is 2.52. The summed E-state index contributed by atoms with van der Waals surface area (Å²) in [6.07, 6.45) is -3.55. The Morgan fingerprint density at radius 2 is 1.60 bits per heavy atom. The van der Waals surface area contributed by atoms with Crippen LogP contribution in [0.4, 0.5) is 13.2 Å². The maximum absolute atomic E-state index is 13.3. The van der Waals surface area contributed by atoms with Crippen LogP contribution in [0.1, 0.15) is 24.8 Å². The summed E-state index contributed by atoms with van der Waals surface area (Å²) in [5.41, 5.74) is 4.11. The second-order valence-corrected chi connectivity index (χ2v) is 11.5. The van der Waals surface area contributed by atoms with Gasteiger partial charge in [0.25, 0.3) is 5.91 Å². The zero-order valence-corrected chi connectivity index (χ0v) is 22.1. The van der Waals surface area contributed by atoms with Crippen molar-refractivity contribution in [3.05, 3.63) is 78.4 Å². The molecule has 1 saturated heterocycles. The average molecular weight is 580 g/mol. The van der Waals surface area contributed by atoms with Crippen molar-refractivity contribution in [1.82, 2.24) is 5.48 Å². The van der Waals surface area contributed by atoms with E-state index in [0.717, 1.165) is 16.7 Å². The molecule has 1 heterocycles. The molecule has 0 aromatic heterocycles. The summed E-state index contributed by atoms with van der Waals surface area (Å²) in [4.78, 5) is 12.3. The first kappa shape index (κ1) is 29.4. The predicted molar refractivity (Wildman–Crippen MR) is 139 cm³/mol. The van der Waals surface area contributed by atoms with Gasteiger partial charge in [0.2, 0.25) is 0 Å². The lowest BCUT2D eigenvalue weighted by Gasteiger charge is -2.34. The molecule has 4 rings (SSSR count). The van der Waals surface area contributed by atoms with Gasteiger partial charge in [-0.3, -0.25) is 10.0 Å². The van der Waals surface area contributed by atoms with Crippen LogP contribution >= 0.6 is 0 Å². The van der Waals surface area contributed by atoms with Gasteiger partial charge in [-0.05, 0) is 78.8 Å². The SMILES string of the molecule is O=C(NO)C1(S(=O)(=O)c2ccc(OCCCc3cccc(-c4ccc(OC(F)(F)F)cc4)c3)cc2)CCOCC1. The number of hydroxylamine groups is 1. The number of amides is 1. The third-order valence-corrected chi connectivity index (χ3v) is 9.21. The van der Waals surface area contributed by atoms with Gasteiger partial charge in [-0.15, -0.1) is 13.2 Å². The van der Waals surface area contributed by atoms with Gasteiger partial charge in [-0.25, -0.2) is 13.9 Å². The molecule has 0 saturated carbocycles. The molecule has 0 spiro atoms. The first-order valence-electron chi connectivity index (χ1n) is 12.5. The van der Waals surface area contributed by atoms with E-state index < -0.39 is 26.9 Å². The summed E-state index contributed by atoms with van der Waals surface area (Å²) in [6, 6.07) is 19.1. The Hall–Kier alpha value is -3.61. The van der Waals surface area contributed by atoms with Crippen molar-refractivity contribution in [3.8, 4) is 22.6 Å². The lowest BCUT2D eigenvalue weighted by Crippen LogP contribution is -2.54. The number of ether oxygens (including phenoxy) is 3. The van der Waals surface area contributed by atoms with Crippen LogP contribution in [0.3, 0.4) is 0 Å². The van der Waals surface area contributed by atoms with E-state index in [2.05, 4.69) is 4.74 Å². The number of hydrogen-bond donors (Lipinski definition) is 2. The van der Waals surface area contributed by atoms with Crippen LogP contribution in [0.25, 0.3) is 11.1 Å². The number of carbonyl (C=O) groups is 1. The van der Waals surface area contributed by atoms with Gasteiger partial charge >= 0.3 is 6.36 Å². The van der Waals surface area contributed by atoms with E-state index in [1.165, 1.54) is 41.9 Å². The zero-order chi connectivity index (χ0) is 28.8. The van der Waals surface area contributed by atoms with Crippen LogP contribution in [0.15, 0.2) is 77.7 Å². The second-order valence-electron chi connectivity index (χ2n) is 9.25. The highest BCUT2D eigenvalue weighted by molar-refractivity contribution is 7.93. The fourth-order valence-electron chi connectivity index (χ4n) is 4.58. The monoisotopic (exact) mass is 579 g/mol. The second kappa shape index (κ2) is 12.3. The van der Waals surface area contributed by atoms with Gasteiger partial charge in [0.05, 0.1) is 11.5 Å². The maximum atomic E-state index is 13.3. The fourth-order valence-corrected chi connectivity index (χ4v) is 6.52. The van der Waals surface area contributed by atoms with Crippen molar-refractivity contribution in [2.45, 2.75) is 41.7 Å². The highest BCUT2D eigenvalue weighted by Crippen LogP contribution is 2.36. The molecular weight excluding hydrogens is 551 g/mol. The Labute approximate surface area is 229 Å². The largest absolute Gasteiger partial charge is 0.573 e. The summed E-state index contributed by atoms with van der Waals surface area (Å²) in [7, 11) is -4.12. The molecule has 8 nitrogen and oxygen atoms in total. The Morgan fingerprint density at radius 3 is 2.23 bits per heavy atom. The summed E-state index contributed by atoms with van der Waals surface area (Å²) >= 11 is 0. The number of benzene rings is 3. The van der Waals surface area contributed by atoms with Gasteiger partial charge in [0, 0.05) is 13.2 Å². The molecule has 1 aliphatic rings. The molecule has 3 aromatic rings. The minimum atomic E-state index is -4.74. The molecule has 1 amide bonds. The van der Waals surface area contributed by atoms with Crippen LogP contribution < -0.4 is 15.0 Å². The number of sulfone groups is 1. The van der Waals surface area contributed by atoms with E-state index in [-0.39, 0.29) is 36.7 Å². The first-order valence-corrected chi connectivity index (χ1v) is 14.0. The molecule has 40 heavy (non-hydrogen) atoms. The first-order chi connectivity index (χ1) is 19.0. The summed E-state index contributed by atoms with van der Waals surface area (Å²) in [5, 5.41) is 9.16. The number of rotatable bonds is 10. The minimum Gasteiger partial charge on any atom is -0.494 e. The van der Waals surface area contributed by atoms with Crippen molar-refractivity contribution in [2.75, 3.05) is 19.8 Å². The van der Waals surface area contributed by atoms with Crippen molar-refractivity contribution >= 4 is 15.7 Å². The molecule has 0 bridgehead atoms. The molecule has 0 radical (unpaired) electrons. The topological polar surface area (TPSA) is 111 Å². The van der Waals surface area contributed by atoms with Crippen LogP contribution in [-0.4, -0.2) is 50.5 Å². The average Bonchev–Trinajstić information content (AvgIpc) is 2.95. The summed E-state index contributed by atoms with van der Waals surface area (Å²) in [6.45, 7) is 0.522. The Bertz CT molecular complexity index is 1400. The van der Waals surface area contributed by atoms with Gasteiger partial charge in [-0.2, -0.15) is 0 Å². The molecule has 0 unspecified atom stereocenters. The van der Waals surface area contributed by atoms with Crippen LogP contribution in [-0.2, 0) is 25.8 Å². The van der Waals surface area contributed by atoms with E-state index in [9.17, 15) is 26.4 Å². The number of hydrogen-bond acceptors (Lipinski definition) is 7. The van der Waals surface area contributed by atoms with Crippen molar-refractivity contribution in [1.29, 1.82) is 0 Å². The summed E-state index contributed by atoms with van der Waals surface area (Å²) < 4.78 is 76.9. The predicted octanol–water partition coefficient (Wildman–Crippen LogP) is 5.09. The molecular formula is C28H28F3NO7S. The van der Waals surface area contributed by atoms with E-state index in [1.807, 2.05) is 24.3 Å². The standard InChI is InChI=1S/C28H28F3NO7S/c29-28(30,31)39-24-8-6-21(7-9-24)22-5-1-3-20(19-22)4-2-16-38-23-10-12-25(13-11-23)40(35,36)27(26(33)32-34)14-17-37-18-15-27/h1,3,5-13,19,34H,2,4,14-18H2,(H,32,33). The number of carbonyl (C=O) groups excluding carboxylic acids is 1. The molecule has 1 aliphatic heterocycles. The van der Waals surface area contributed by atoms with E-state index in [0.29, 0.717) is 25.2 Å². The molecule has 2 N–H and O–H groups in total. The van der Waals surface area contributed by atoms with Crippen molar-refractivity contribution in [3.63, 3.8) is 0 Å². The van der Waals surface area contributed by atoms with Crippen LogP contribution in [0.2, 0.25) is 0 Å². The van der Waals surface area contributed by atoms with Gasteiger partial charge in [-0.1, -0.05) is 36.4 Å². The van der Waals surface area contributed by atoms with Crippen LogP contribution in [0.5, 0.6) is 11.5 Å². The number of nitrogens with one attached hydrogen (secondary N) is 1. The lowest BCUT2D eigenvalue weighted by atomic mass is 9.98. The number of aryl methyl sites for hydroxylation is 1. The Morgan fingerprint density at radius 1 is 0.950 bits per heavy atom. The van der Waals surface area contributed by atoms with Crippen molar-refractivity contribution in [2.24, 2.45) is 0 Å². The molecule has 0 atom stereocenters. The Balaban J connectivity index is 1.33. The maximum Gasteiger partial charge on any atom is 0.573 e. The molecule has 1 fully saturated rings. The normalized spacial score (nSPS) is 15.3.